The second-order valence-electron chi connectivity index (χ2n) is 4.16. The molecule has 0 aromatic heterocycles. The first kappa shape index (κ1) is 13.4. The van der Waals surface area contributed by atoms with Crippen molar-refractivity contribution in [1.82, 2.24) is 0 Å². The van der Waals surface area contributed by atoms with Crippen molar-refractivity contribution in [2.24, 2.45) is 5.92 Å². The minimum absolute atomic E-state index is 0.981. The molecule has 2 atom stereocenters. The Morgan fingerprint density at radius 2 is 1.77 bits per heavy atom. The van der Waals surface area contributed by atoms with Crippen LogP contribution in [0.15, 0.2) is 0 Å². The molecule has 0 radical (unpaired) electrons. The molecule has 0 aromatic rings. The molecular formula is C12H27P. The lowest BCUT2D eigenvalue weighted by Crippen LogP contribution is -1.96. The molecule has 0 bridgehead atoms. The van der Waals surface area contributed by atoms with Crippen LogP contribution < -0.4 is 0 Å². The largest absolute Gasteiger partial charge is 0.122 e. The van der Waals surface area contributed by atoms with Crippen molar-refractivity contribution in [3.05, 3.63) is 0 Å². The van der Waals surface area contributed by atoms with Crippen molar-refractivity contribution in [2.75, 3.05) is 12.3 Å². The third kappa shape index (κ3) is 10.4. The summed E-state index contributed by atoms with van der Waals surface area (Å²) in [5, 5.41) is 0. The van der Waals surface area contributed by atoms with E-state index in [1.54, 1.807) is 0 Å². The Labute approximate surface area is 86.7 Å². The zero-order chi connectivity index (χ0) is 9.94. The molecule has 0 N–H and O–H groups in total. The van der Waals surface area contributed by atoms with Crippen LogP contribution in [-0.4, -0.2) is 12.3 Å². The van der Waals surface area contributed by atoms with E-state index < -0.39 is 0 Å². The van der Waals surface area contributed by atoms with Gasteiger partial charge < -0.3 is 0 Å². The fraction of sp³-hybridized carbons (Fsp3) is 1.00. The molecule has 13 heavy (non-hydrogen) atoms. The van der Waals surface area contributed by atoms with Crippen LogP contribution >= 0.6 is 8.58 Å². The van der Waals surface area contributed by atoms with Gasteiger partial charge in [-0.3, -0.25) is 0 Å². The zero-order valence-corrected chi connectivity index (χ0v) is 10.7. The molecule has 0 spiro atoms. The Balaban J connectivity index is 2.97. The Morgan fingerprint density at radius 3 is 2.38 bits per heavy atom. The highest BCUT2D eigenvalue weighted by molar-refractivity contribution is 7.37. The van der Waals surface area contributed by atoms with E-state index in [1.807, 2.05) is 0 Å². The Bertz CT molecular complexity index is 91.1. The number of hydrogen-bond acceptors (Lipinski definition) is 0. The zero-order valence-electron chi connectivity index (χ0n) is 9.73. The summed E-state index contributed by atoms with van der Waals surface area (Å²) in [5.74, 6) is 0.981. The fourth-order valence-corrected chi connectivity index (χ4v) is 3.02. The van der Waals surface area contributed by atoms with Gasteiger partial charge in [0.15, 0.2) is 0 Å². The first-order valence-corrected chi connectivity index (χ1v) is 7.43. The van der Waals surface area contributed by atoms with E-state index in [4.69, 9.17) is 0 Å². The van der Waals surface area contributed by atoms with E-state index in [0.717, 1.165) is 5.92 Å². The van der Waals surface area contributed by atoms with E-state index in [2.05, 4.69) is 20.8 Å². The molecule has 0 nitrogen and oxygen atoms in total. The summed E-state index contributed by atoms with van der Waals surface area (Å²) in [6.45, 7) is 6.98. The van der Waals surface area contributed by atoms with Crippen LogP contribution in [0.3, 0.4) is 0 Å². The lowest BCUT2D eigenvalue weighted by molar-refractivity contribution is 0.583. The molecule has 0 aromatic carbocycles. The second kappa shape index (κ2) is 10.5. The van der Waals surface area contributed by atoms with Gasteiger partial charge in [0, 0.05) is 0 Å². The van der Waals surface area contributed by atoms with Crippen LogP contribution in [-0.2, 0) is 0 Å². The van der Waals surface area contributed by atoms with E-state index >= 15 is 0 Å². The monoisotopic (exact) mass is 202 g/mol. The lowest BCUT2D eigenvalue weighted by atomic mass is 10.1. The van der Waals surface area contributed by atoms with Crippen LogP contribution in [0, 0.1) is 5.92 Å². The molecule has 0 aliphatic carbocycles. The highest BCUT2D eigenvalue weighted by atomic mass is 31.1. The van der Waals surface area contributed by atoms with Crippen LogP contribution in [0.4, 0.5) is 0 Å². The quantitative estimate of drug-likeness (QED) is 0.376. The van der Waals surface area contributed by atoms with Crippen LogP contribution in [0.25, 0.3) is 0 Å². The van der Waals surface area contributed by atoms with Gasteiger partial charge in [0.2, 0.25) is 0 Å². The van der Waals surface area contributed by atoms with Gasteiger partial charge in [0.05, 0.1) is 0 Å². The third-order valence-corrected chi connectivity index (χ3v) is 4.17. The maximum atomic E-state index is 2.41. The molecule has 0 saturated heterocycles. The lowest BCUT2D eigenvalue weighted by Gasteiger charge is -2.09. The summed E-state index contributed by atoms with van der Waals surface area (Å²) in [5.41, 5.74) is 0. The standard InChI is InChI=1S/C12H27P/c1-4-6-7-8-10-13-11-12(3)9-5-2/h12-13H,4-11H2,1-3H3. The van der Waals surface area contributed by atoms with Crippen molar-refractivity contribution in [3.63, 3.8) is 0 Å². The maximum Gasteiger partial charge on any atom is -0.0328 e. The minimum Gasteiger partial charge on any atom is -0.122 e. The summed E-state index contributed by atoms with van der Waals surface area (Å²) in [7, 11) is 1.23. The summed E-state index contributed by atoms with van der Waals surface area (Å²) in [4.78, 5) is 0. The summed E-state index contributed by atoms with van der Waals surface area (Å²) in [6.07, 6.45) is 11.5. The van der Waals surface area contributed by atoms with Gasteiger partial charge in [-0.05, 0) is 24.7 Å². The SMILES string of the molecule is CCCCCCPCC(C)CCC. The van der Waals surface area contributed by atoms with E-state index in [9.17, 15) is 0 Å². The average molecular weight is 202 g/mol. The van der Waals surface area contributed by atoms with Crippen molar-refractivity contribution in [2.45, 2.75) is 59.3 Å². The first-order valence-electron chi connectivity index (χ1n) is 6.02. The fourth-order valence-electron chi connectivity index (χ4n) is 1.62. The predicted molar refractivity (Wildman–Crippen MR) is 66.3 cm³/mol. The van der Waals surface area contributed by atoms with Crippen molar-refractivity contribution in [1.29, 1.82) is 0 Å². The average Bonchev–Trinajstić information content (AvgIpc) is 2.11. The Morgan fingerprint density at radius 1 is 1.00 bits per heavy atom. The topological polar surface area (TPSA) is 0 Å². The molecule has 80 valence electrons. The third-order valence-electron chi connectivity index (χ3n) is 2.48. The van der Waals surface area contributed by atoms with Crippen molar-refractivity contribution in [3.8, 4) is 0 Å². The molecule has 0 aliphatic rings. The molecule has 1 heteroatoms. The smallest absolute Gasteiger partial charge is 0.0328 e. The molecule has 0 aliphatic heterocycles. The van der Waals surface area contributed by atoms with E-state index in [1.165, 1.54) is 59.4 Å². The molecule has 0 rings (SSSR count). The van der Waals surface area contributed by atoms with Crippen LogP contribution in [0.2, 0.25) is 0 Å². The molecule has 2 unspecified atom stereocenters. The number of hydrogen-bond donors (Lipinski definition) is 0. The maximum absolute atomic E-state index is 2.41. The van der Waals surface area contributed by atoms with Crippen molar-refractivity contribution >= 4 is 8.58 Å². The summed E-state index contributed by atoms with van der Waals surface area (Å²) >= 11 is 0. The van der Waals surface area contributed by atoms with Gasteiger partial charge in [-0.25, -0.2) is 0 Å². The van der Waals surface area contributed by atoms with Gasteiger partial charge in [-0.15, -0.1) is 8.58 Å². The van der Waals surface area contributed by atoms with Gasteiger partial charge >= 0.3 is 0 Å². The molecule has 0 fully saturated rings. The minimum atomic E-state index is 0.981. The van der Waals surface area contributed by atoms with Gasteiger partial charge in [-0.1, -0.05) is 52.9 Å². The van der Waals surface area contributed by atoms with Gasteiger partial charge in [-0.2, -0.15) is 0 Å². The van der Waals surface area contributed by atoms with E-state index in [-0.39, 0.29) is 0 Å². The highest BCUT2D eigenvalue weighted by Gasteiger charge is 1.99. The van der Waals surface area contributed by atoms with Gasteiger partial charge in [0.25, 0.3) is 0 Å². The highest BCUT2D eigenvalue weighted by Crippen LogP contribution is 2.20. The Kier molecular flexibility index (Phi) is 10.9. The molecule has 0 heterocycles. The van der Waals surface area contributed by atoms with Gasteiger partial charge in [0.1, 0.15) is 0 Å². The predicted octanol–water partition coefficient (Wildman–Crippen LogP) is 4.68. The number of rotatable bonds is 9. The van der Waals surface area contributed by atoms with Crippen molar-refractivity contribution < 1.29 is 0 Å². The first-order chi connectivity index (χ1) is 6.31. The number of unbranched alkanes of at least 4 members (excludes halogenated alkanes) is 3. The normalized spacial score (nSPS) is 14.1. The molecule has 0 saturated carbocycles. The second-order valence-corrected chi connectivity index (χ2v) is 5.57. The summed E-state index contributed by atoms with van der Waals surface area (Å²) in [6, 6.07) is 0. The van der Waals surface area contributed by atoms with E-state index in [0.29, 0.717) is 0 Å². The molecular weight excluding hydrogens is 175 g/mol. The molecule has 0 amide bonds. The van der Waals surface area contributed by atoms with Crippen LogP contribution in [0.5, 0.6) is 0 Å². The van der Waals surface area contributed by atoms with Crippen LogP contribution in [0.1, 0.15) is 59.3 Å². The summed E-state index contributed by atoms with van der Waals surface area (Å²) < 4.78 is 0. The Hall–Kier alpha value is 0.430.